The van der Waals surface area contributed by atoms with Crippen molar-refractivity contribution >= 4 is 32.6 Å². The molecule has 6 nitrogen and oxygen atoms in total. The van der Waals surface area contributed by atoms with Crippen LogP contribution in [-0.4, -0.2) is 45.2 Å². The molecule has 0 spiro atoms. The number of aromatic nitrogens is 1. The molecule has 2 aromatic carbocycles. The summed E-state index contributed by atoms with van der Waals surface area (Å²) in [6.07, 6.45) is 0. The molecule has 0 aliphatic rings. The molecule has 0 saturated carbocycles. The highest BCUT2D eigenvalue weighted by Crippen LogP contribution is 2.31. The van der Waals surface area contributed by atoms with E-state index in [2.05, 4.69) is 11.1 Å². The number of hydrogen-bond acceptors (Lipinski definition) is 5. The standard InChI is InChI=1S/C20H20N4O2S/c1-23(2)10-11-24(19(25)15-6-4-14(13-21)5-7-15)20-22-17-12-16(26-3)8-9-18(17)27-20/h4-9,12H,10-11H2,1-3H3/p+1. The Labute approximate surface area is 162 Å². The van der Waals surface area contributed by atoms with Crippen molar-refractivity contribution in [2.45, 2.75) is 0 Å². The van der Waals surface area contributed by atoms with Gasteiger partial charge in [0.25, 0.3) is 5.91 Å². The zero-order valence-electron chi connectivity index (χ0n) is 15.5. The number of nitrogens with zero attached hydrogens (tertiary/aromatic N) is 3. The van der Waals surface area contributed by atoms with Crippen molar-refractivity contribution in [2.24, 2.45) is 0 Å². The van der Waals surface area contributed by atoms with E-state index < -0.39 is 0 Å². The lowest BCUT2D eigenvalue weighted by Gasteiger charge is -2.20. The Morgan fingerprint density at radius 3 is 2.63 bits per heavy atom. The fourth-order valence-electron chi connectivity index (χ4n) is 2.60. The molecule has 1 N–H and O–H groups in total. The Balaban J connectivity index is 1.97. The third-order valence-electron chi connectivity index (χ3n) is 4.16. The summed E-state index contributed by atoms with van der Waals surface area (Å²) in [6.45, 7) is 1.35. The molecule has 0 fully saturated rings. The van der Waals surface area contributed by atoms with Crippen LogP contribution < -0.4 is 14.5 Å². The summed E-state index contributed by atoms with van der Waals surface area (Å²) in [6, 6.07) is 14.5. The molecule has 3 aromatic rings. The van der Waals surface area contributed by atoms with Crippen molar-refractivity contribution in [1.82, 2.24) is 4.98 Å². The molecule has 0 unspecified atom stereocenters. The highest BCUT2D eigenvalue weighted by Gasteiger charge is 2.22. The van der Waals surface area contributed by atoms with Crippen LogP contribution in [-0.2, 0) is 0 Å². The monoisotopic (exact) mass is 381 g/mol. The number of methoxy groups -OCH3 is 1. The third-order valence-corrected chi connectivity index (χ3v) is 5.22. The number of rotatable bonds is 6. The Bertz CT molecular complexity index is 989. The summed E-state index contributed by atoms with van der Waals surface area (Å²) in [7, 11) is 5.72. The van der Waals surface area contributed by atoms with Gasteiger partial charge in [0, 0.05) is 11.6 Å². The number of likely N-dealkylation sites (N-methyl/N-ethyl adjacent to an activating group) is 1. The Hall–Kier alpha value is -2.95. The van der Waals surface area contributed by atoms with Gasteiger partial charge in [0.15, 0.2) is 5.13 Å². The lowest BCUT2D eigenvalue weighted by molar-refractivity contribution is -0.856. The van der Waals surface area contributed by atoms with E-state index >= 15 is 0 Å². The van der Waals surface area contributed by atoms with Crippen LogP contribution in [0.25, 0.3) is 10.2 Å². The van der Waals surface area contributed by atoms with Crippen LogP contribution in [0.15, 0.2) is 42.5 Å². The zero-order valence-corrected chi connectivity index (χ0v) is 16.3. The second-order valence-corrected chi connectivity index (χ2v) is 7.44. The van der Waals surface area contributed by atoms with Crippen molar-refractivity contribution in [2.75, 3.05) is 39.2 Å². The average Bonchev–Trinajstić information content (AvgIpc) is 3.10. The highest BCUT2D eigenvalue weighted by molar-refractivity contribution is 7.22. The molecule has 0 radical (unpaired) electrons. The molecule has 3 rings (SSSR count). The molecule has 7 heteroatoms. The normalized spacial score (nSPS) is 10.8. The predicted molar refractivity (Wildman–Crippen MR) is 107 cm³/mol. The molecular formula is C20H21N4O2S+. The second-order valence-electron chi connectivity index (χ2n) is 6.43. The van der Waals surface area contributed by atoms with Gasteiger partial charge in [-0.15, -0.1) is 0 Å². The minimum atomic E-state index is -0.119. The lowest BCUT2D eigenvalue weighted by Crippen LogP contribution is -3.06. The van der Waals surface area contributed by atoms with Crippen molar-refractivity contribution < 1.29 is 14.4 Å². The van der Waals surface area contributed by atoms with Gasteiger partial charge in [0.1, 0.15) is 5.75 Å². The first-order chi connectivity index (χ1) is 13.0. The molecule has 0 aliphatic carbocycles. The number of ether oxygens (including phenoxy) is 1. The maximum atomic E-state index is 13.1. The number of nitriles is 1. The first-order valence-electron chi connectivity index (χ1n) is 8.57. The number of carbonyl (C=O) groups is 1. The second kappa shape index (κ2) is 8.16. The molecule has 1 aromatic heterocycles. The first-order valence-corrected chi connectivity index (χ1v) is 9.39. The van der Waals surface area contributed by atoms with Gasteiger partial charge in [-0.3, -0.25) is 9.69 Å². The number of anilines is 1. The molecule has 1 amide bonds. The van der Waals surface area contributed by atoms with Crippen LogP contribution >= 0.6 is 11.3 Å². The van der Waals surface area contributed by atoms with Crippen molar-refractivity contribution in [1.29, 1.82) is 5.26 Å². The number of nitrogens with one attached hydrogen (secondary N) is 1. The summed E-state index contributed by atoms with van der Waals surface area (Å²) in [4.78, 5) is 20.8. The van der Waals surface area contributed by atoms with Crippen LogP contribution in [0.2, 0.25) is 0 Å². The number of thiazole rings is 1. The molecule has 1 heterocycles. The minimum absolute atomic E-state index is 0.119. The van der Waals surface area contributed by atoms with Crippen LogP contribution in [0.5, 0.6) is 5.75 Å². The first kappa shape index (κ1) is 18.8. The van der Waals surface area contributed by atoms with Gasteiger partial charge in [0.2, 0.25) is 0 Å². The van der Waals surface area contributed by atoms with Gasteiger partial charge in [-0.05, 0) is 36.4 Å². The minimum Gasteiger partial charge on any atom is -0.497 e. The smallest absolute Gasteiger partial charge is 0.260 e. The number of amides is 1. The summed E-state index contributed by atoms with van der Waals surface area (Å²) < 4.78 is 6.26. The number of hydrogen-bond donors (Lipinski definition) is 1. The van der Waals surface area contributed by atoms with Gasteiger partial charge in [-0.2, -0.15) is 5.26 Å². The van der Waals surface area contributed by atoms with E-state index in [4.69, 9.17) is 10.00 Å². The molecule has 27 heavy (non-hydrogen) atoms. The van der Waals surface area contributed by atoms with E-state index in [0.717, 1.165) is 22.5 Å². The van der Waals surface area contributed by atoms with E-state index in [1.54, 1.807) is 36.3 Å². The van der Waals surface area contributed by atoms with Gasteiger partial charge in [0.05, 0.1) is 56.1 Å². The largest absolute Gasteiger partial charge is 0.497 e. The van der Waals surface area contributed by atoms with Gasteiger partial charge >= 0.3 is 0 Å². The quantitative estimate of drug-likeness (QED) is 0.709. The summed E-state index contributed by atoms with van der Waals surface area (Å²) in [5, 5.41) is 9.62. The summed E-state index contributed by atoms with van der Waals surface area (Å²) in [5.74, 6) is 0.619. The molecular weight excluding hydrogens is 360 g/mol. The fraction of sp³-hybridized carbons (Fsp3) is 0.250. The molecule has 0 bridgehead atoms. The Morgan fingerprint density at radius 1 is 1.26 bits per heavy atom. The maximum Gasteiger partial charge on any atom is 0.260 e. The van der Waals surface area contributed by atoms with Crippen molar-refractivity contribution in [3.63, 3.8) is 0 Å². The maximum absolute atomic E-state index is 13.1. The molecule has 0 aliphatic heterocycles. The van der Waals surface area contributed by atoms with E-state index in [1.165, 1.54) is 16.2 Å². The van der Waals surface area contributed by atoms with Crippen LogP contribution in [0.4, 0.5) is 5.13 Å². The Morgan fingerprint density at radius 2 is 2.00 bits per heavy atom. The number of carbonyl (C=O) groups excluding carboxylic acids is 1. The summed E-state index contributed by atoms with van der Waals surface area (Å²) in [5.41, 5.74) is 1.88. The third kappa shape index (κ3) is 4.25. The number of quaternary nitrogens is 1. The number of benzene rings is 2. The van der Waals surface area contributed by atoms with E-state index in [9.17, 15) is 4.79 Å². The SMILES string of the molecule is COc1ccc2sc(N(CC[NH+](C)C)C(=O)c3ccc(C#N)cc3)nc2c1. The molecule has 0 atom stereocenters. The van der Waals surface area contributed by atoms with Gasteiger partial charge in [-0.25, -0.2) is 4.98 Å². The van der Waals surface area contributed by atoms with Crippen LogP contribution in [0.1, 0.15) is 15.9 Å². The topological polar surface area (TPSA) is 70.7 Å². The van der Waals surface area contributed by atoms with Crippen LogP contribution in [0.3, 0.4) is 0 Å². The van der Waals surface area contributed by atoms with Gasteiger partial charge < -0.3 is 9.64 Å². The molecule has 138 valence electrons. The van der Waals surface area contributed by atoms with E-state index in [-0.39, 0.29) is 5.91 Å². The average molecular weight is 381 g/mol. The van der Waals surface area contributed by atoms with Crippen LogP contribution in [0, 0.1) is 11.3 Å². The number of fused-ring (bicyclic) bond motifs is 1. The predicted octanol–water partition coefficient (Wildman–Crippen LogP) is 1.97. The lowest BCUT2D eigenvalue weighted by atomic mass is 10.1. The van der Waals surface area contributed by atoms with E-state index in [0.29, 0.717) is 22.8 Å². The van der Waals surface area contributed by atoms with Crippen molar-refractivity contribution in [3.05, 3.63) is 53.6 Å². The highest BCUT2D eigenvalue weighted by atomic mass is 32.1. The van der Waals surface area contributed by atoms with Crippen molar-refractivity contribution in [3.8, 4) is 11.8 Å². The van der Waals surface area contributed by atoms with E-state index in [1.807, 2.05) is 32.3 Å². The van der Waals surface area contributed by atoms with Gasteiger partial charge in [-0.1, -0.05) is 11.3 Å². The Kier molecular flexibility index (Phi) is 5.69. The zero-order chi connectivity index (χ0) is 19.4. The fourth-order valence-corrected chi connectivity index (χ4v) is 3.57. The molecule has 0 saturated heterocycles. The summed E-state index contributed by atoms with van der Waals surface area (Å²) >= 11 is 1.48.